The molecule has 2 atom stereocenters. The smallest absolute Gasteiger partial charge is 0.268 e. The molecule has 2 aromatic rings. The van der Waals surface area contributed by atoms with Crippen LogP contribution >= 0.6 is 8.53 Å². The van der Waals surface area contributed by atoms with Crippen molar-refractivity contribution >= 4 is 20.1 Å². The summed E-state index contributed by atoms with van der Waals surface area (Å²) in [5, 5.41) is 5.03. The lowest BCUT2D eigenvalue weighted by Crippen LogP contribution is -2.50. The van der Waals surface area contributed by atoms with Crippen molar-refractivity contribution in [3.8, 4) is 0 Å². The van der Waals surface area contributed by atoms with Gasteiger partial charge in [-0.3, -0.25) is 15.1 Å². The number of hydroxylamine groups is 2. The average Bonchev–Trinajstić information content (AvgIpc) is 2.72. The minimum Gasteiger partial charge on any atom is -0.337 e. The van der Waals surface area contributed by atoms with Crippen LogP contribution in [0.15, 0.2) is 48.5 Å². The lowest BCUT2D eigenvalue weighted by atomic mass is 9.84. The molecule has 0 saturated carbocycles. The van der Waals surface area contributed by atoms with Crippen LogP contribution in [0.25, 0.3) is 0 Å². The highest BCUT2D eigenvalue weighted by Gasteiger charge is 2.28. The van der Waals surface area contributed by atoms with Gasteiger partial charge in [0.25, 0.3) is 8.53 Å². The molecule has 2 unspecified atom stereocenters. The first-order valence-corrected chi connectivity index (χ1v) is 10.5. The van der Waals surface area contributed by atoms with Crippen molar-refractivity contribution < 1.29 is 19.1 Å². The molecule has 28 heavy (non-hydrogen) atoms. The van der Waals surface area contributed by atoms with Crippen molar-refractivity contribution in [2.45, 2.75) is 19.4 Å². The number of benzene rings is 2. The first kappa shape index (κ1) is 20.7. The zero-order chi connectivity index (χ0) is 20.1. The molecule has 1 aliphatic heterocycles. The molecule has 8 heteroatoms. The van der Waals surface area contributed by atoms with Gasteiger partial charge in [-0.2, -0.15) is 5.06 Å². The van der Waals surface area contributed by atoms with Gasteiger partial charge in [0.15, 0.2) is 11.6 Å². The summed E-state index contributed by atoms with van der Waals surface area (Å²) in [6.07, 6.45) is 0.996. The molecule has 4 rings (SSSR count). The van der Waals surface area contributed by atoms with Gasteiger partial charge in [-0.15, -0.1) is 0 Å². The molecule has 0 radical (unpaired) electrons. The van der Waals surface area contributed by atoms with Crippen LogP contribution in [-0.2, 0) is 4.62 Å². The van der Waals surface area contributed by atoms with Gasteiger partial charge < -0.3 is 10.2 Å². The molecule has 7 nitrogen and oxygen atoms in total. The number of nitrogens with zero attached hydrogens (tertiary/aromatic N) is 1. The first-order chi connectivity index (χ1) is 13.5. The molecule has 2 aliphatic rings. The van der Waals surface area contributed by atoms with Gasteiger partial charge in [0.1, 0.15) is 0 Å². The molecule has 2 aromatic carbocycles. The second-order valence-electron chi connectivity index (χ2n) is 6.54. The Morgan fingerprint density at radius 2 is 1.54 bits per heavy atom. The second-order valence-corrected chi connectivity index (χ2v) is 7.31. The number of hydrogen-bond acceptors (Lipinski definition) is 7. The number of carbonyl (C=O) groups is 2. The molecule has 1 saturated heterocycles. The Balaban J connectivity index is 0.000000169. The zero-order valence-electron chi connectivity index (χ0n) is 15.7. The Kier molecular flexibility index (Phi) is 7.02. The summed E-state index contributed by atoms with van der Waals surface area (Å²) in [5.41, 5.74) is 7.20. The number of carbonyl (C=O) groups excluding carboxylic acids is 2. The fourth-order valence-electron chi connectivity index (χ4n) is 3.35. The number of piperazine rings is 1. The van der Waals surface area contributed by atoms with E-state index in [2.05, 4.69) is 12.2 Å². The average molecular weight is 401 g/mol. The largest absolute Gasteiger partial charge is 0.337 e. The third-order valence-electron chi connectivity index (χ3n) is 4.79. The van der Waals surface area contributed by atoms with Crippen LogP contribution in [0.1, 0.15) is 45.2 Å². The van der Waals surface area contributed by atoms with Gasteiger partial charge >= 0.3 is 0 Å². The summed E-state index contributed by atoms with van der Waals surface area (Å²) in [5.74, 6) is -0.128. The molecule has 1 heterocycles. The van der Waals surface area contributed by atoms with Crippen LogP contribution < -0.4 is 10.8 Å². The van der Waals surface area contributed by atoms with Gasteiger partial charge in [-0.25, -0.2) is 4.62 Å². The lowest BCUT2D eigenvalue weighted by Gasteiger charge is -2.34. The zero-order valence-corrected chi connectivity index (χ0v) is 16.6. The van der Waals surface area contributed by atoms with Gasteiger partial charge in [-0.1, -0.05) is 55.5 Å². The Labute approximate surface area is 165 Å². The highest BCUT2D eigenvalue weighted by Crippen LogP contribution is 2.26. The molecule has 148 valence electrons. The lowest BCUT2D eigenvalue weighted by molar-refractivity contribution is -0.105. The minimum absolute atomic E-state index is 0.0641. The van der Waals surface area contributed by atoms with E-state index in [1.54, 1.807) is 53.6 Å². The van der Waals surface area contributed by atoms with E-state index in [1.807, 2.05) is 0 Å². The van der Waals surface area contributed by atoms with E-state index in [4.69, 9.17) is 15.0 Å². The van der Waals surface area contributed by atoms with Gasteiger partial charge in [0, 0.05) is 47.9 Å². The molecular weight excluding hydrogens is 377 g/mol. The van der Waals surface area contributed by atoms with Crippen LogP contribution in [-0.4, -0.2) is 47.2 Å². The Morgan fingerprint density at radius 3 is 1.93 bits per heavy atom. The maximum Gasteiger partial charge on any atom is 0.268 e. The third-order valence-corrected chi connectivity index (χ3v) is 5.17. The molecule has 0 amide bonds. The van der Waals surface area contributed by atoms with E-state index >= 15 is 0 Å². The molecule has 1 aliphatic carbocycles. The highest BCUT2D eigenvalue weighted by molar-refractivity contribution is 7.43. The van der Waals surface area contributed by atoms with Crippen LogP contribution in [0.4, 0.5) is 0 Å². The predicted octanol–water partition coefficient (Wildman–Crippen LogP) is 2.24. The number of fused-ring (bicyclic) bond motifs is 2. The van der Waals surface area contributed by atoms with Crippen LogP contribution in [0, 0.1) is 0 Å². The first-order valence-electron chi connectivity index (χ1n) is 9.19. The summed E-state index contributed by atoms with van der Waals surface area (Å²) >= 11 is 0. The monoisotopic (exact) mass is 401 g/mol. The predicted molar refractivity (Wildman–Crippen MR) is 108 cm³/mol. The Bertz CT molecular complexity index is 753. The molecule has 1 fully saturated rings. The van der Waals surface area contributed by atoms with Crippen molar-refractivity contribution in [1.29, 1.82) is 0 Å². The number of ketones is 2. The molecule has 0 aromatic heterocycles. The van der Waals surface area contributed by atoms with E-state index in [-0.39, 0.29) is 11.6 Å². The number of hydrogen-bond donors (Lipinski definition) is 3. The molecule has 4 N–H and O–H groups in total. The Morgan fingerprint density at radius 1 is 1.07 bits per heavy atom. The summed E-state index contributed by atoms with van der Waals surface area (Å²) in [7, 11) is -1.76. The third kappa shape index (κ3) is 4.52. The summed E-state index contributed by atoms with van der Waals surface area (Å²) in [6, 6.07) is 14.2. The van der Waals surface area contributed by atoms with Crippen molar-refractivity contribution in [2.75, 3.05) is 19.6 Å². The molecule has 0 spiro atoms. The van der Waals surface area contributed by atoms with Gasteiger partial charge in [0.2, 0.25) is 0 Å². The highest BCUT2D eigenvalue weighted by atomic mass is 31.2. The van der Waals surface area contributed by atoms with Crippen molar-refractivity contribution in [2.24, 2.45) is 5.50 Å². The number of nitrogens with one attached hydrogen (secondary N) is 1. The molecule has 0 bridgehead atoms. The maximum absolute atomic E-state index is 12.1. The van der Waals surface area contributed by atoms with E-state index in [0.29, 0.717) is 28.3 Å². The molecular formula is C20H24N3O4P. The topological polar surface area (TPSA) is 105 Å². The fraction of sp³-hybridized carbons (Fsp3) is 0.300. The number of nitrogens with two attached hydrogens (primary N) is 1. The van der Waals surface area contributed by atoms with E-state index < -0.39 is 8.53 Å². The van der Waals surface area contributed by atoms with Gasteiger partial charge in [0.05, 0.1) is 0 Å². The normalized spacial score (nSPS) is 19.9. The van der Waals surface area contributed by atoms with Crippen LogP contribution in [0.5, 0.6) is 0 Å². The summed E-state index contributed by atoms with van der Waals surface area (Å²) in [6.45, 7) is 4.67. The Hall–Kier alpha value is -1.99. The van der Waals surface area contributed by atoms with Crippen molar-refractivity contribution in [3.63, 3.8) is 0 Å². The standard InChI is InChI=1S/C14H8O2.C6H16N3O2P/c15-13-9-5-1-2-6-10(9)14(16)12-8-4-3-7-11(12)13;1-2-6-5-8-3-4-9(6)11-12(7)10/h1-8H;6,8,10H,2-5,7H2,1H3. The quantitative estimate of drug-likeness (QED) is 0.578. The van der Waals surface area contributed by atoms with E-state index in [0.717, 1.165) is 26.1 Å². The fourth-order valence-corrected chi connectivity index (χ4v) is 3.78. The van der Waals surface area contributed by atoms with E-state index in [1.165, 1.54) is 0 Å². The minimum atomic E-state index is -1.76. The van der Waals surface area contributed by atoms with Crippen molar-refractivity contribution in [3.05, 3.63) is 70.8 Å². The van der Waals surface area contributed by atoms with Crippen molar-refractivity contribution in [1.82, 2.24) is 10.4 Å². The second kappa shape index (κ2) is 9.47. The SMILES string of the molecule is CCC1CNCCN1OP(N)O.O=C1c2ccccc2C(=O)c2ccccc21. The van der Waals surface area contributed by atoms with Gasteiger partial charge in [-0.05, 0) is 6.42 Å². The summed E-state index contributed by atoms with van der Waals surface area (Å²) in [4.78, 5) is 33.1. The van der Waals surface area contributed by atoms with Crippen LogP contribution in [0.3, 0.4) is 0 Å². The summed E-state index contributed by atoms with van der Waals surface area (Å²) < 4.78 is 5.09. The maximum atomic E-state index is 12.1. The van der Waals surface area contributed by atoms with Crippen LogP contribution in [0.2, 0.25) is 0 Å². The number of rotatable bonds is 3. The van der Waals surface area contributed by atoms with E-state index in [9.17, 15) is 9.59 Å².